The number of benzene rings is 2. The van der Waals surface area contributed by atoms with Crippen LogP contribution in [0.4, 0.5) is 5.69 Å². The highest BCUT2D eigenvalue weighted by molar-refractivity contribution is 7.89. The van der Waals surface area contributed by atoms with E-state index in [-0.39, 0.29) is 35.5 Å². The normalized spacial score (nSPS) is 11.4. The lowest BCUT2D eigenvalue weighted by atomic mass is 10.1. The molecule has 0 aliphatic heterocycles. The molecule has 0 unspecified atom stereocenters. The molecule has 31 heavy (non-hydrogen) atoms. The molecule has 2 N–H and O–H groups in total. The fourth-order valence-electron chi connectivity index (χ4n) is 2.76. The zero-order valence-electron chi connectivity index (χ0n) is 18.2. The first-order chi connectivity index (χ1) is 14.7. The molecule has 2 aromatic carbocycles. The van der Waals surface area contributed by atoms with Crippen molar-refractivity contribution in [2.45, 2.75) is 44.9 Å². The van der Waals surface area contributed by atoms with Gasteiger partial charge in [-0.1, -0.05) is 38.1 Å². The monoisotopic (exact) mass is 446 g/mol. The van der Waals surface area contributed by atoms with Crippen molar-refractivity contribution in [2.24, 2.45) is 5.92 Å². The Balaban J connectivity index is 1.84. The SMILES string of the molecule is CCOC(=O)Cc1ccc(NC(=O)CCc2ccc(S(=O)(=O)NCC(C)C)cc2)cc1. The summed E-state index contributed by atoms with van der Waals surface area (Å²) in [6, 6.07) is 13.6. The standard InChI is InChI=1S/C23H30N2O5S/c1-4-30-23(27)15-19-5-10-20(11-6-19)25-22(26)14-9-18-7-12-21(13-8-18)31(28,29)24-16-17(2)3/h5-8,10-13,17,24H,4,9,14-16H2,1-3H3,(H,25,26). The van der Waals surface area contributed by atoms with E-state index in [1.807, 2.05) is 13.8 Å². The summed E-state index contributed by atoms with van der Waals surface area (Å²) in [7, 11) is -3.52. The Kier molecular flexibility index (Phi) is 9.21. The van der Waals surface area contributed by atoms with Crippen LogP contribution in [-0.2, 0) is 37.2 Å². The molecule has 0 aromatic heterocycles. The van der Waals surface area contributed by atoms with Gasteiger partial charge in [-0.05, 0) is 54.7 Å². The van der Waals surface area contributed by atoms with Gasteiger partial charge in [0.1, 0.15) is 0 Å². The third-order valence-corrected chi connectivity index (χ3v) is 5.89. The number of ether oxygens (including phenoxy) is 1. The fraction of sp³-hybridized carbons (Fsp3) is 0.391. The highest BCUT2D eigenvalue weighted by Gasteiger charge is 2.14. The van der Waals surface area contributed by atoms with Gasteiger partial charge in [0.05, 0.1) is 17.9 Å². The zero-order chi connectivity index (χ0) is 22.9. The van der Waals surface area contributed by atoms with Gasteiger partial charge in [-0.15, -0.1) is 0 Å². The minimum absolute atomic E-state index is 0.145. The molecule has 0 saturated carbocycles. The maximum Gasteiger partial charge on any atom is 0.310 e. The predicted octanol–water partition coefficient (Wildman–Crippen LogP) is 3.30. The molecule has 7 nitrogen and oxygen atoms in total. The van der Waals surface area contributed by atoms with Crippen LogP contribution in [0.2, 0.25) is 0 Å². The van der Waals surface area contributed by atoms with Crippen molar-refractivity contribution in [1.82, 2.24) is 4.72 Å². The molecule has 0 spiro atoms. The Hall–Kier alpha value is -2.71. The maximum atomic E-state index is 12.2. The van der Waals surface area contributed by atoms with Crippen LogP contribution in [0.15, 0.2) is 53.4 Å². The summed E-state index contributed by atoms with van der Waals surface area (Å²) in [6.07, 6.45) is 0.954. The van der Waals surface area contributed by atoms with Crippen LogP contribution in [0.3, 0.4) is 0 Å². The summed E-state index contributed by atoms with van der Waals surface area (Å²) in [6.45, 7) is 6.37. The summed E-state index contributed by atoms with van der Waals surface area (Å²) in [5.41, 5.74) is 2.34. The van der Waals surface area contributed by atoms with Gasteiger partial charge in [0, 0.05) is 18.7 Å². The first-order valence-electron chi connectivity index (χ1n) is 10.3. The molecule has 0 atom stereocenters. The van der Waals surface area contributed by atoms with Gasteiger partial charge in [0.25, 0.3) is 0 Å². The number of amides is 1. The Morgan fingerprint density at radius 1 is 0.968 bits per heavy atom. The lowest BCUT2D eigenvalue weighted by Gasteiger charge is -2.10. The van der Waals surface area contributed by atoms with Crippen molar-refractivity contribution < 1.29 is 22.7 Å². The van der Waals surface area contributed by atoms with Crippen LogP contribution in [-0.4, -0.2) is 33.4 Å². The molecular formula is C23H30N2O5S. The quantitative estimate of drug-likeness (QED) is 0.516. The number of esters is 1. The van der Waals surface area contributed by atoms with Gasteiger partial charge in [0.15, 0.2) is 0 Å². The zero-order valence-corrected chi connectivity index (χ0v) is 19.0. The van der Waals surface area contributed by atoms with E-state index in [2.05, 4.69) is 10.0 Å². The molecular weight excluding hydrogens is 416 g/mol. The molecule has 0 aliphatic rings. The molecule has 0 heterocycles. The summed E-state index contributed by atoms with van der Waals surface area (Å²) in [5, 5.41) is 2.82. The van der Waals surface area contributed by atoms with E-state index in [1.165, 1.54) is 0 Å². The molecule has 2 rings (SSSR count). The van der Waals surface area contributed by atoms with Gasteiger partial charge in [0.2, 0.25) is 15.9 Å². The average molecular weight is 447 g/mol. The van der Waals surface area contributed by atoms with Crippen molar-refractivity contribution in [3.05, 3.63) is 59.7 Å². The van der Waals surface area contributed by atoms with Crippen LogP contribution in [0, 0.1) is 5.92 Å². The van der Waals surface area contributed by atoms with Gasteiger partial charge in [-0.2, -0.15) is 0 Å². The Morgan fingerprint density at radius 2 is 1.58 bits per heavy atom. The molecule has 0 radical (unpaired) electrons. The van der Waals surface area contributed by atoms with Gasteiger partial charge in [-0.3, -0.25) is 9.59 Å². The Morgan fingerprint density at radius 3 is 2.16 bits per heavy atom. The van der Waals surface area contributed by atoms with Gasteiger partial charge in [-0.25, -0.2) is 13.1 Å². The van der Waals surface area contributed by atoms with Crippen molar-refractivity contribution >= 4 is 27.6 Å². The molecule has 1 amide bonds. The van der Waals surface area contributed by atoms with Crippen LogP contribution in [0.5, 0.6) is 0 Å². The minimum Gasteiger partial charge on any atom is -0.466 e. The number of nitrogens with one attached hydrogen (secondary N) is 2. The van der Waals surface area contributed by atoms with Gasteiger partial charge >= 0.3 is 5.97 Å². The third kappa shape index (κ3) is 8.51. The lowest BCUT2D eigenvalue weighted by Crippen LogP contribution is -2.27. The minimum atomic E-state index is -3.52. The molecule has 0 bridgehead atoms. The molecule has 0 saturated heterocycles. The molecule has 168 valence electrons. The summed E-state index contributed by atoms with van der Waals surface area (Å²) >= 11 is 0. The number of rotatable bonds is 11. The second-order valence-electron chi connectivity index (χ2n) is 7.62. The van der Waals surface area contributed by atoms with E-state index < -0.39 is 10.0 Å². The lowest BCUT2D eigenvalue weighted by molar-refractivity contribution is -0.142. The molecule has 0 aliphatic carbocycles. The number of anilines is 1. The van der Waals surface area contributed by atoms with Crippen LogP contribution < -0.4 is 10.0 Å². The third-order valence-electron chi connectivity index (χ3n) is 4.45. The summed E-state index contributed by atoms with van der Waals surface area (Å²) in [5.74, 6) is -0.205. The van der Waals surface area contributed by atoms with Gasteiger partial charge < -0.3 is 10.1 Å². The van der Waals surface area contributed by atoms with E-state index in [9.17, 15) is 18.0 Å². The van der Waals surface area contributed by atoms with Crippen molar-refractivity contribution in [3.8, 4) is 0 Å². The van der Waals surface area contributed by atoms with Crippen molar-refractivity contribution in [1.29, 1.82) is 0 Å². The van der Waals surface area contributed by atoms with E-state index in [0.717, 1.165) is 11.1 Å². The number of carbonyl (C=O) groups excluding carboxylic acids is 2. The first kappa shape index (κ1) is 24.6. The second kappa shape index (κ2) is 11.6. The van der Waals surface area contributed by atoms with Crippen LogP contribution >= 0.6 is 0 Å². The topological polar surface area (TPSA) is 102 Å². The first-order valence-corrected chi connectivity index (χ1v) is 11.8. The molecule has 0 fully saturated rings. The van der Waals surface area contributed by atoms with E-state index >= 15 is 0 Å². The summed E-state index contributed by atoms with van der Waals surface area (Å²) in [4.78, 5) is 23.9. The number of sulfonamides is 1. The number of hydrogen-bond acceptors (Lipinski definition) is 5. The fourth-order valence-corrected chi connectivity index (χ4v) is 3.97. The smallest absolute Gasteiger partial charge is 0.310 e. The largest absolute Gasteiger partial charge is 0.466 e. The maximum absolute atomic E-state index is 12.2. The molecule has 2 aromatic rings. The predicted molar refractivity (Wildman–Crippen MR) is 120 cm³/mol. The second-order valence-corrected chi connectivity index (χ2v) is 9.38. The Labute approximate surface area is 184 Å². The van der Waals surface area contributed by atoms with E-state index in [4.69, 9.17) is 4.74 Å². The van der Waals surface area contributed by atoms with Crippen molar-refractivity contribution in [3.63, 3.8) is 0 Å². The Bertz CT molecular complexity index is 968. The highest BCUT2D eigenvalue weighted by atomic mass is 32.2. The highest BCUT2D eigenvalue weighted by Crippen LogP contribution is 2.14. The van der Waals surface area contributed by atoms with E-state index in [0.29, 0.717) is 25.3 Å². The molecule has 8 heteroatoms. The number of carbonyl (C=O) groups is 2. The van der Waals surface area contributed by atoms with E-state index in [1.54, 1.807) is 55.5 Å². The number of aryl methyl sites for hydroxylation is 1. The van der Waals surface area contributed by atoms with Crippen LogP contribution in [0.1, 0.15) is 38.3 Å². The summed E-state index contributed by atoms with van der Waals surface area (Å²) < 4.78 is 32.0. The van der Waals surface area contributed by atoms with Crippen LogP contribution in [0.25, 0.3) is 0 Å². The average Bonchev–Trinajstić information content (AvgIpc) is 2.73. The van der Waals surface area contributed by atoms with Crippen molar-refractivity contribution in [2.75, 3.05) is 18.5 Å². The number of hydrogen-bond donors (Lipinski definition) is 2.